The monoisotopic (exact) mass is 624 g/mol. The van der Waals surface area contributed by atoms with E-state index in [1.165, 1.54) is 12.1 Å². The van der Waals surface area contributed by atoms with Crippen LogP contribution in [0.15, 0.2) is 68.1 Å². The summed E-state index contributed by atoms with van der Waals surface area (Å²) in [5.41, 5.74) is 0. The van der Waals surface area contributed by atoms with E-state index in [1.54, 1.807) is 42.7 Å². The van der Waals surface area contributed by atoms with Gasteiger partial charge in [0.25, 0.3) is 0 Å². The van der Waals surface area contributed by atoms with Crippen molar-refractivity contribution in [2.75, 3.05) is 20.5 Å². The molecule has 0 unspecified atom stereocenters. The Kier molecular flexibility index (Phi) is 7.91. The van der Waals surface area contributed by atoms with Gasteiger partial charge < -0.3 is 0 Å². The third-order valence-corrected chi connectivity index (χ3v) is 8.29. The first kappa shape index (κ1) is 28.0. The predicted molar refractivity (Wildman–Crippen MR) is 103 cm³/mol. The number of halogens is 6. The van der Waals surface area contributed by atoms with Crippen LogP contribution < -0.4 is 0 Å². The summed E-state index contributed by atoms with van der Waals surface area (Å²) in [5, 5.41) is 0. The summed E-state index contributed by atoms with van der Waals surface area (Å²) < 4.78 is 117. The van der Waals surface area contributed by atoms with Crippen LogP contribution in [-0.2, 0) is 39.5 Å². The van der Waals surface area contributed by atoms with Crippen LogP contribution in [0, 0.1) is 0 Å². The van der Waals surface area contributed by atoms with Gasteiger partial charge in [0.2, 0.25) is 0 Å². The van der Waals surface area contributed by atoms with Gasteiger partial charge >= 0.3 is 56.6 Å². The predicted octanol–water partition coefficient (Wildman–Crippen LogP) is 4.16. The maximum absolute atomic E-state index is 12.1. The van der Waals surface area contributed by atoms with Crippen molar-refractivity contribution in [3.8, 4) is 0 Å². The fourth-order valence-electron chi connectivity index (χ4n) is 2.12. The van der Waals surface area contributed by atoms with Crippen molar-refractivity contribution in [2.24, 2.45) is 0 Å². The van der Waals surface area contributed by atoms with E-state index < -0.39 is 50.6 Å². The van der Waals surface area contributed by atoms with Gasteiger partial charge in [0.1, 0.15) is 16.0 Å². The van der Waals surface area contributed by atoms with Gasteiger partial charge in [0, 0.05) is 0 Å². The zero-order valence-electron chi connectivity index (χ0n) is 16.0. The van der Waals surface area contributed by atoms with Gasteiger partial charge in [-0.3, -0.25) is 8.37 Å². The summed E-state index contributed by atoms with van der Waals surface area (Å²) >= 11 is -11.2. The van der Waals surface area contributed by atoms with Crippen molar-refractivity contribution in [3.05, 3.63) is 48.5 Å². The van der Waals surface area contributed by atoms with E-state index in [1.807, 2.05) is 0 Å². The molecule has 0 aliphatic carbocycles. The number of hydrogen-bond acceptors (Lipinski definition) is 6. The second-order valence-corrected chi connectivity index (χ2v) is 16.3. The Morgan fingerprint density at radius 1 is 0.677 bits per heavy atom. The molecule has 0 N–H and O–H groups in total. The first-order valence-electron chi connectivity index (χ1n) is 7.71. The normalized spacial score (nSPS) is 14.9. The first-order valence-corrected chi connectivity index (χ1v) is 17.9. The quantitative estimate of drug-likeness (QED) is 0.208. The number of benzene rings is 2. The van der Waals surface area contributed by atoms with Crippen molar-refractivity contribution in [3.63, 3.8) is 0 Å². The average Bonchev–Trinajstić information content (AvgIpc) is 2.65. The number of hydrogen-bond donors (Lipinski definition) is 0. The van der Waals surface area contributed by atoms with Crippen molar-refractivity contribution in [1.29, 1.82) is 0 Å². The fourth-order valence-corrected chi connectivity index (χ4v) is 6.50. The molecule has 0 spiro atoms. The van der Waals surface area contributed by atoms with Crippen LogP contribution in [0.1, 0.15) is 0 Å². The Morgan fingerprint density at radius 3 is 1.19 bits per heavy atom. The molecule has 2 aromatic rings. The van der Waals surface area contributed by atoms with Crippen molar-refractivity contribution in [2.45, 2.75) is 19.6 Å². The molecule has 6 nitrogen and oxygen atoms in total. The molecule has 2 rings (SSSR count). The summed E-state index contributed by atoms with van der Waals surface area (Å²) in [5.74, 6) is 0. The second kappa shape index (κ2) is 8.75. The average molecular weight is 625 g/mol. The molecule has 0 saturated carbocycles. The zero-order valence-corrected chi connectivity index (χ0v) is 21.0. The van der Waals surface area contributed by atoms with Gasteiger partial charge in [-0.2, -0.15) is 16.8 Å². The zero-order chi connectivity index (χ0) is 24.4. The van der Waals surface area contributed by atoms with Crippen LogP contribution in [0.3, 0.4) is 0 Å². The van der Waals surface area contributed by atoms with Crippen molar-refractivity contribution in [1.82, 2.24) is 0 Å². The molecule has 0 saturated heterocycles. The van der Waals surface area contributed by atoms with Gasteiger partial charge in [-0.1, -0.05) is 24.3 Å². The van der Waals surface area contributed by atoms with E-state index >= 15 is 0 Å². The standard InChI is InChI=1S/C15H17O6S3.6FH.Sb/c1-20-23(16,17)14-10-6-4-8-12(14)22(3)13-9-5-7-11-15(13)24(18,19)21-2;;;;;;;/h4-11H,1-3H3;6*1H;/q+1;;;;;;;+5/p-6. The third-order valence-electron chi connectivity index (χ3n) is 3.34. The topological polar surface area (TPSA) is 86.7 Å². The summed E-state index contributed by atoms with van der Waals surface area (Å²) in [7, 11) is -6.48. The minimum absolute atomic E-state index is 0.0166. The van der Waals surface area contributed by atoms with Crippen LogP contribution in [0.5, 0.6) is 0 Å². The summed E-state index contributed by atoms with van der Waals surface area (Å²) in [6.07, 6.45) is 1.76. The molecule has 0 bridgehead atoms. The van der Waals surface area contributed by atoms with E-state index in [2.05, 4.69) is 8.37 Å². The molecule has 0 heterocycles. The van der Waals surface area contributed by atoms with Crippen LogP contribution >= 0.6 is 0 Å². The van der Waals surface area contributed by atoms with E-state index in [0.717, 1.165) is 14.2 Å². The van der Waals surface area contributed by atoms with Gasteiger partial charge in [-0.15, -0.1) is 0 Å². The molecule has 178 valence electrons. The van der Waals surface area contributed by atoms with Crippen molar-refractivity contribution >= 4 is 50.6 Å². The Hall–Kier alpha value is -0.992. The van der Waals surface area contributed by atoms with E-state index in [4.69, 9.17) is 0 Å². The minimum atomic E-state index is -11.2. The molecule has 0 fully saturated rings. The molecule has 0 aromatic heterocycles. The summed E-state index contributed by atoms with van der Waals surface area (Å²) in [4.78, 5) is 0.974. The molecule has 16 heteroatoms. The number of rotatable bonds is 6. The van der Waals surface area contributed by atoms with Crippen LogP contribution in [0.4, 0.5) is 16.9 Å². The molecule has 0 aliphatic heterocycles. The summed E-state index contributed by atoms with van der Waals surface area (Å²) in [6, 6.07) is 12.7. The molecule has 2 aromatic carbocycles. The maximum atomic E-state index is 12.1. The first-order chi connectivity index (χ1) is 13.7. The van der Waals surface area contributed by atoms with Gasteiger partial charge in [0.15, 0.2) is 9.79 Å². The third kappa shape index (κ3) is 9.58. The van der Waals surface area contributed by atoms with Crippen LogP contribution in [0.25, 0.3) is 0 Å². The summed E-state index contributed by atoms with van der Waals surface area (Å²) in [6.45, 7) is 0. The van der Waals surface area contributed by atoms with E-state index in [0.29, 0.717) is 9.79 Å². The Labute approximate surface area is 180 Å². The van der Waals surface area contributed by atoms with Gasteiger partial charge in [-0.05, 0) is 24.3 Å². The van der Waals surface area contributed by atoms with Crippen molar-refractivity contribution < 1.29 is 42.1 Å². The molecular weight excluding hydrogens is 608 g/mol. The molecule has 31 heavy (non-hydrogen) atoms. The Bertz CT molecular complexity index is 1060. The molecule has 0 aliphatic rings. The van der Waals surface area contributed by atoms with Gasteiger partial charge in [-0.25, -0.2) is 0 Å². The SMILES string of the molecule is COS(=O)(=O)c1ccccc1[S+](C)c1ccccc1S(=O)(=O)OC.[F][Sb-]([F])([F])([F])([F])[F]. The van der Waals surface area contributed by atoms with Crippen LogP contribution in [-0.4, -0.2) is 56.8 Å². The molecular formula is C15H17F6O6S3Sb. The molecule has 0 atom stereocenters. The second-order valence-electron chi connectivity index (χ2n) is 5.60. The van der Waals surface area contributed by atoms with Gasteiger partial charge in [0.05, 0.1) is 25.1 Å². The van der Waals surface area contributed by atoms with Crippen LogP contribution in [0.2, 0.25) is 0 Å². The Balaban J connectivity index is 0.000000592. The fraction of sp³-hybridized carbons (Fsp3) is 0.200. The molecule has 0 radical (unpaired) electrons. The van der Waals surface area contributed by atoms with E-state index in [9.17, 15) is 33.7 Å². The molecule has 0 amide bonds. The Morgan fingerprint density at radius 2 is 0.935 bits per heavy atom. The van der Waals surface area contributed by atoms with E-state index in [-0.39, 0.29) is 9.79 Å².